The topological polar surface area (TPSA) is 44.8 Å². The Morgan fingerprint density at radius 2 is 1.92 bits per heavy atom. The molecule has 3 rings (SSSR count). The number of benzene rings is 1. The first-order valence-electron chi connectivity index (χ1n) is 9.60. The van der Waals surface area contributed by atoms with E-state index in [4.69, 9.17) is 4.74 Å². The molecule has 25 heavy (non-hydrogen) atoms. The number of rotatable bonds is 7. The predicted octanol–water partition coefficient (Wildman–Crippen LogP) is 1.91. The lowest BCUT2D eigenvalue weighted by molar-refractivity contribution is -0.122. The summed E-state index contributed by atoms with van der Waals surface area (Å²) < 4.78 is 5.16. The number of methoxy groups -OCH3 is 1. The van der Waals surface area contributed by atoms with Gasteiger partial charge < -0.3 is 10.1 Å². The molecular weight excluding hydrogens is 314 g/mol. The Bertz CT molecular complexity index is 540. The molecule has 1 atom stereocenters. The van der Waals surface area contributed by atoms with Crippen molar-refractivity contribution in [3.8, 4) is 5.75 Å². The third-order valence-electron chi connectivity index (χ3n) is 5.40. The van der Waals surface area contributed by atoms with Crippen molar-refractivity contribution in [3.63, 3.8) is 0 Å². The smallest absolute Gasteiger partial charge is 0.234 e. The lowest BCUT2D eigenvalue weighted by Crippen LogP contribution is -2.49. The molecule has 2 fully saturated rings. The van der Waals surface area contributed by atoms with Gasteiger partial charge in [0.25, 0.3) is 0 Å². The van der Waals surface area contributed by atoms with Gasteiger partial charge in [0.2, 0.25) is 5.91 Å². The van der Waals surface area contributed by atoms with Crippen molar-refractivity contribution < 1.29 is 9.53 Å². The number of piperidine rings is 1. The minimum Gasteiger partial charge on any atom is -0.497 e. The molecule has 0 radical (unpaired) electrons. The fraction of sp³-hybridized carbons (Fsp3) is 0.650. The van der Waals surface area contributed by atoms with Crippen LogP contribution in [-0.2, 0) is 11.2 Å². The van der Waals surface area contributed by atoms with E-state index < -0.39 is 0 Å². The first kappa shape index (κ1) is 18.2. The Balaban J connectivity index is 1.36. The summed E-state index contributed by atoms with van der Waals surface area (Å²) in [6, 6.07) is 8.68. The molecule has 2 aliphatic rings. The standard InChI is InChI=1S/C20H31N3O2/c1-25-19-8-6-17(7-9-19)10-11-21-20(24)16-22-12-4-5-18(15-22)23-13-2-3-14-23/h6-9,18H,2-5,10-16H2,1H3,(H,21,24). The first-order valence-corrected chi connectivity index (χ1v) is 9.60. The second kappa shape index (κ2) is 9.20. The minimum absolute atomic E-state index is 0.149. The van der Waals surface area contributed by atoms with E-state index in [2.05, 4.69) is 27.2 Å². The Morgan fingerprint density at radius 3 is 2.64 bits per heavy atom. The Morgan fingerprint density at radius 1 is 1.16 bits per heavy atom. The van der Waals surface area contributed by atoms with E-state index in [1.54, 1.807) is 7.11 Å². The van der Waals surface area contributed by atoms with Gasteiger partial charge >= 0.3 is 0 Å². The average Bonchev–Trinajstić information content (AvgIpc) is 3.17. The van der Waals surface area contributed by atoms with Crippen molar-refractivity contribution in [1.29, 1.82) is 0 Å². The maximum Gasteiger partial charge on any atom is 0.234 e. The number of carbonyl (C=O) groups is 1. The number of ether oxygens (including phenoxy) is 1. The van der Waals surface area contributed by atoms with Gasteiger partial charge in [-0.25, -0.2) is 0 Å². The highest BCUT2D eigenvalue weighted by atomic mass is 16.5. The zero-order valence-electron chi connectivity index (χ0n) is 15.4. The SMILES string of the molecule is COc1ccc(CCNC(=O)CN2CCCC(N3CCCC3)C2)cc1. The fourth-order valence-electron chi connectivity index (χ4n) is 3.98. The maximum absolute atomic E-state index is 12.2. The van der Waals surface area contributed by atoms with Gasteiger partial charge in [-0.15, -0.1) is 0 Å². The zero-order chi connectivity index (χ0) is 17.5. The second-order valence-corrected chi connectivity index (χ2v) is 7.22. The summed E-state index contributed by atoms with van der Waals surface area (Å²) in [7, 11) is 1.67. The molecule has 1 unspecified atom stereocenters. The van der Waals surface area contributed by atoms with Crippen molar-refractivity contribution in [2.45, 2.75) is 38.1 Å². The van der Waals surface area contributed by atoms with E-state index in [1.807, 2.05) is 12.1 Å². The average molecular weight is 345 g/mol. The zero-order valence-corrected chi connectivity index (χ0v) is 15.4. The molecule has 2 saturated heterocycles. The predicted molar refractivity (Wildman–Crippen MR) is 100.0 cm³/mol. The summed E-state index contributed by atoms with van der Waals surface area (Å²) in [5.41, 5.74) is 1.22. The Labute approximate surface area is 151 Å². The summed E-state index contributed by atoms with van der Waals surface area (Å²) in [5.74, 6) is 1.01. The van der Waals surface area contributed by atoms with Gasteiger partial charge in [0.15, 0.2) is 0 Å². The number of hydrogen-bond acceptors (Lipinski definition) is 4. The molecule has 0 saturated carbocycles. The van der Waals surface area contributed by atoms with Crippen LogP contribution in [0.5, 0.6) is 5.75 Å². The molecule has 0 spiro atoms. The lowest BCUT2D eigenvalue weighted by atomic mass is 10.0. The highest BCUT2D eigenvalue weighted by molar-refractivity contribution is 5.78. The van der Waals surface area contributed by atoms with Crippen LogP contribution in [0.3, 0.4) is 0 Å². The number of nitrogens with one attached hydrogen (secondary N) is 1. The van der Waals surface area contributed by atoms with Gasteiger partial charge in [-0.05, 0) is 69.4 Å². The number of nitrogens with zero attached hydrogens (tertiary/aromatic N) is 2. The van der Waals surface area contributed by atoms with E-state index in [0.717, 1.165) is 25.3 Å². The van der Waals surface area contributed by atoms with Crippen molar-refractivity contribution >= 4 is 5.91 Å². The molecule has 0 aliphatic carbocycles. The normalized spacial score (nSPS) is 22.0. The molecule has 1 aromatic rings. The van der Waals surface area contributed by atoms with E-state index in [0.29, 0.717) is 19.1 Å². The van der Waals surface area contributed by atoms with Crippen LogP contribution in [0.25, 0.3) is 0 Å². The van der Waals surface area contributed by atoms with Gasteiger partial charge in [0, 0.05) is 19.1 Å². The van der Waals surface area contributed by atoms with Gasteiger partial charge in [-0.3, -0.25) is 14.6 Å². The minimum atomic E-state index is 0.149. The fourth-order valence-corrected chi connectivity index (χ4v) is 3.98. The van der Waals surface area contributed by atoms with Crippen LogP contribution in [0.4, 0.5) is 0 Å². The molecule has 5 heteroatoms. The van der Waals surface area contributed by atoms with Crippen LogP contribution in [0.15, 0.2) is 24.3 Å². The molecule has 2 aliphatic heterocycles. The van der Waals surface area contributed by atoms with Crippen LogP contribution >= 0.6 is 0 Å². The van der Waals surface area contributed by atoms with Crippen molar-refractivity contribution in [3.05, 3.63) is 29.8 Å². The largest absolute Gasteiger partial charge is 0.497 e. The van der Waals surface area contributed by atoms with Crippen LogP contribution in [0.2, 0.25) is 0 Å². The Kier molecular flexibility index (Phi) is 6.70. The highest BCUT2D eigenvalue weighted by Crippen LogP contribution is 2.20. The molecular formula is C20H31N3O2. The third-order valence-corrected chi connectivity index (χ3v) is 5.40. The summed E-state index contributed by atoms with van der Waals surface area (Å²) in [5, 5.41) is 3.07. The van der Waals surface area contributed by atoms with Crippen molar-refractivity contribution in [2.75, 3.05) is 46.4 Å². The van der Waals surface area contributed by atoms with Crippen LogP contribution in [0, 0.1) is 0 Å². The van der Waals surface area contributed by atoms with Crippen LogP contribution in [0.1, 0.15) is 31.2 Å². The molecule has 1 aromatic carbocycles. The Hall–Kier alpha value is -1.59. The molecule has 138 valence electrons. The van der Waals surface area contributed by atoms with Crippen molar-refractivity contribution in [1.82, 2.24) is 15.1 Å². The molecule has 0 aromatic heterocycles. The maximum atomic E-state index is 12.2. The summed E-state index contributed by atoms with van der Waals surface area (Å²) >= 11 is 0. The molecule has 0 bridgehead atoms. The third kappa shape index (κ3) is 5.44. The quantitative estimate of drug-likeness (QED) is 0.820. The van der Waals surface area contributed by atoms with Gasteiger partial charge in [0.1, 0.15) is 5.75 Å². The molecule has 1 N–H and O–H groups in total. The van der Waals surface area contributed by atoms with Gasteiger partial charge in [0.05, 0.1) is 13.7 Å². The molecule has 5 nitrogen and oxygen atoms in total. The molecule has 2 heterocycles. The van der Waals surface area contributed by atoms with E-state index >= 15 is 0 Å². The second-order valence-electron chi connectivity index (χ2n) is 7.22. The van der Waals surface area contributed by atoms with E-state index in [-0.39, 0.29) is 5.91 Å². The lowest BCUT2D eigenvalue weighted by Gasteiger charge is -2.37. The van der Waals surface area contributed by atoms with E-state index in [1.165, 1.54) is 44.3 Å². The van der Waals surface area contributed by atoms with Crippen LogP contribution in [-0.4, -0.2) is 68.1 Å². The highest BCUT2D eigenvalue weighted by Gasteiger charge is 2.27. The van der Waals surface area contributed by atoms with Gasteiger partial charge in [-0.2, -0.15) is 0 Å². The van der Waals surface area contributed by atoms with Gasteiger partial charge in [-0.1, -0.05) is 12.1 Å². The summed E-state index contributed by atoms with van der Waals surface area (Å²) in [4.78, 5) is 17.2. The number of amides is 1. The summed E-state index contributed by atoms with van der Waals surface area (Å²) in [6.07, 6.45) is 6.02. The number of likely N-dealkylation sites (tertiary alicyclic amines) is 2. The van der Waals surface area contributed by atoms with E-state index in [9.17, 15) is 4.79 Å². The number of carbonyl (C=O) groups excluding carboxylic acids is 1. The first-order chi connectivity index (χ1) is 12.2. The van der Waals surface area contributed by atoms with Crippen LogP contribution < -0.4 is 10.1 Å². The van der Waals surface area contributed by atoms with Crippen molar-refractivity contribution in [2.24, 2.45) is 0 Å². The molecule has 1 amide bonds. The number of hydrogen-bond donors (Lipinski definition) is 1. The monoisotopic (exact) mass is 345 g/mol. The summed E-state index contributed by atoms with van der Waals surface area (Å²) in [6.45, 7) is 5.81.